The van der Waals surface area contributed by atoms with E-state index in [1.807, 2.05) is 67.1 Å². The quantitative estimate of drug-likeness (QED) is 0.592. The van der Waals surface area contributed by atoms with E-state index in [2.05, 4.69) is 20.6 Å². The number of hydrogen-bond acceptors (Lipinski definition) is 4. The summed E-state index contributed by atoms with van der Waals surface area (Å²) >= 11 is 0. The fourth-order valence-electron chi connectivity index (χ4n) is 2.25. The normalized spacial score (nSPS) is 11.0. The van der Waals surface area contributed by atoms with Gasteiger partial charge in [-0.25, -0.2) is 9.67 Å². The largest absolute Gasteiger partial charge is 0.261 e. The van der Waals surface area contributed by atoms with Gasteiger partial charge in [-0.1, -0.05) is 24.3 Å². The number of pyridine rings is 1. The molecule has 1 aromatic carbocycles. The summed E-state index contributed by atoms with van der Waals surface area (Å²) in [5.41, 5.74) is 6.96. The molecule has 22 heavy (non-hydrogen) atoms. The van der Waals surface area contributed by atoms with Crippen LogP contribution in [-0.4, -0.2) is 21.0 Å². The second kappa shape index (κ2) is 6.22. The Morgan fingerprint density at radius 2 is 1.82 bits per heavy atom. The molecule has 0 fully saturated rings. The third kappa shape index (κ3) is 2.88. The molecular weight excluding hydrogens is 274 g/mol. The zero-order chi connectivity index (χ0) is 15.4. The van der Waals surface area contributed by atoms with E-state index >= 15 is 0 Å². The Labute approximate surface area is 129 Å². The Balaban J connectivity index is 1.84. The standard InChI is InChI=1S/C17H17N5/c1-13-16(12-19-20-17-10-6-7-11-18-17)14(2)22(21-13)15-8-4-3-5-9-15/h3-12H,1-2H3,(H,18,20). The van der Waals surface area contributed by atoms with Gasteiger partial charge < -0.3 is 0 Å². The predicted octanol–water partition coefficient (Wildman–Crippen LogP) is 3.33. The van der Waals surface area contributed by atoms with Crippen LogP contribution < -0.4 is 5.43 Å². The van der Waals surface area contributed by atoms with E-state index < -0.39 is 0 Å². The average Bonchev–Trinajstić information content (AvgIpc) is 2.85. The predicted molar refractivity (Wildman–Crippen MR) is 88.5 cm³/mol. The number of nitrogens with zero attached hydrogens (tertiary/aromatic N) is 4. The zero-order valence-corrected chi connectivity index (χ0v) is 12.6. The van der Waals surface area contributed by atoms with Gasteiger partial charge in [0.15, 0.2) is 0 Å². The maximum absolute atomic E-state index is 4.59. The minimum Gasteiger partial charge on any atom is -0.261 e. The van der Waals surface area contributed by atoms with Crippen molar-refractivity contribution >= 4 is 12.0 Å². The first-order chi connectivity index (χ1) is 10.8. The third-order valence-corrected chi connectivity index (χ3v) is 3.39. The lowest BCUT2D eigenvalue weighted by Crippen LogP contribution is -1.99. The number of hydrogen-bond donors (Lipinski definition) is 1. The van der Waals surface area contributed by atoms with Gasteiger partial charge in [-0.3, -0.25) is 5.43 Å². The Bertz CT molecular complexity index is 776. The number of benzene rings is 1. The van der Waals surface area contributed by atoms with Crippen LogP contribution in [0.1, 0.15) is 17.0 Å². The lowest BCUT2D eigenvalue weighted by molar-refractivity contribution is 0.833. The summed E-state index contributed by atoms with van der Waals surface area (Å²) in [6.45, 7) is 4.02. The highest BCUT2D eigenvalue weighted by molar-refractivity contribution is 5.83. The second-order valence-electron chi connectivity index (χ2n) is 4.92. The van der Waals surface area contributed by atoms with Gasteiger partial charge in [0, 0.05) is 11.8 Å². The molecule has 3 aromatic rings. The van der Waals surface area contributed by atoms with Crippen molar-refractivity contribution < 1.29 is 0 Å². The molecule has 0 saturated carbocycles. The summed E-state index contributed by atoms with van der Waals surface area (Å²) in [4.78, 5) is 4.16. The van der Waals surface area contributed by atoms with Crippen LogP contribution in [0.5, 0.6) is 0 Å². The van der Waals surface area contributed by atoms with Crippen molar-refractivity contribution in [2.24, 2.45) is 5.10 Å². The lowest BCUT2D eigenvalue weighted by Gasteiger charge is -2.03. The summed E-state index contributed by atoms with van der Waals surface area (Å²) in [6.07, 6.45) is 3.51. The van der Waals surface area contributed by atoms with Gasteiger partial charge in [-0.2, -0.15) is 10.2 Å². The number of rotatable bonds is 4. The van der Waals surface area contributed by atoms with Crippen LogP contribution in [0.15, 0.2) is 59.8 Å². The van der Waals surface area contributed by atoms with Crippen molar-refractivity contribution in [3.63, 3.8) is 0 Å². The summed E-state index contributed by atoms with van der Waals surface area (Å²) in [5.74, 6) is 0.713. The summed E-state index contributed by atoms with van der Waals surface area (Å²) < 4.78 is 1.93. The summed E-state index contributed by atoms with van der Waals surface area (Å²) in [6, 6.07) is 15.7. The highest BCUT2D eigenvalue weighted by Crippen LogP contribution is 2.16. The van der Waals surface area contributed by atoms with Crippen LogP contribution in [-0.2, 0) is 0 Å². The average molecular weight is 291 g/mol. The molecule has 0 amide bonds. The number of hydrazone groups is 1. The van der Waals surface area contributed by atoms with E-state index in [4.69, 9.17) is 0 Å². The van der Waals surface area contributed by atoms with Crippen molar-refractivity contribution in [2.75, 3.05) is 5.43 Å². The summed E-state index contributed by atoms with van der Waals surface area (Å²) in [5, 5.41) is 8.84. The van der Waals surface area contributed by atoms with Gasteiger partial charge in [0.25, 0.3) is 0 Å². The number of anilines is 1. The van der Waals surface area contributed by atoms with Gasteiger partial charge >= 0.3 is 0 Å². The molecular formula is C17H17N5. The first-order valence-electron chi connectivity index (χ1n) is 7.07. The highest BCUT2D eigenvalue weighted by atomic mass is 15.3. The summed E-state index contributed by atoms with van der Waals surface area (Å²) in [7, 11) is 0. The SMILES string of the molecule is Cc1nn(-c2ccccc2)c(C)c1C=NNc1ccccn1. The minimum absolute atomic E-state index is 0.713. The molecule has 0 atom stereocenters. The molecule has 0 spiro atoms. The third-order valence-electron chi connectivity index (χ3n) is 3.39. The Morgan fingerprint density at radius 1 is 1.05 bits per heavy atom. The topological polar surface area (TPSA) is 55.1 Å². The molecule has 0 aliphatic rings. The number of aromatic nitrogens is 3. The van der Waals surface area contributed by atoms with Crippen molar-refractivity contribution in [2.45, 2.75) is 13.8 Å². The highest BCUT2D eigenvalue weighted by Gasteiger charge is 2.10. The first-order valence-corrected chi connectivity index (χ1v) is 7.07. The fraction of sp³-hybridized carbons (Fsp3) is 0.118. The molecule has 1 N–H and O–H groups in total. The van der Waals surface area contributed by atoms with Crippen LogP contribution in [0.3, 0.4) is 0 Å². The van der Waals surface area contributed by atoms with Gasteiger partial charge in [0.2, 0.25) is 0 Å². The van der Waals surface area contributed by atoms with Gasteiger partial charge in [-0.15, -0.1) is 0 Å². The zero-order valence-electron chi connectivity index (χ0n) is 12.6. The Kier molecular flexibility index (Phi) is 3.96. The van der Waals surface area contributed by atoms with Crippen LogP contribution >= 0.6 is 0 Å². The molecule has 5 heteroatoms. The van der Waals surface area contributed by atoms with E-state index in [-0.39, 0.29) is 0 Å². The van der Waals surface area contributed by atoms with Crippen LogP contribution in [0.2, 0.25) is 0 Å². The van der Waals surface area contributed by atoms with Crippen molar-refractivity contribution in [3.8, 4) is 5.69 Å². The smallest absolute Gasteiger partial charge is 0.146 e. The molecule has 0 aliphatic carbocycles. The molecule has 3 rings (SSSR count). The molecule has 0 unspecified atom stereocenters. The number of aryl methyl sites for hydroxylation is 1. The monoisotopic (exact) mass is 291 g/mol. The van der Waals surface area contributed by atoms with E-state index in [9.17, 15) is 0 Å². The van der Waals surface area contributed by atoms with E-state index in [0.717, 1.165) is 22.6 Å². The van der Waals surface area contributed by atoms with Crippen LogP contribution in [0.4, 0.5) is 5.82 Å². The number of para-hydroxylation sites is 1. The first kappa shape index (κ1) is 14.0. The van der Waals surface area contributed by atoms with Crippen molar-refractivity contribution in [3.05, 3.63) is 71.7 Å². The molecule has 5 nitrogen and oxygen atoms in total. The van der Waals surface area contributed by atoms with Gasteiger partial charge in [0.05, 0.1) is 23.3 Å². The lowest BCUT2D eigenvalue weighted by atomic mass is 10.2. The molecule has 0 aliphatic heterocycles. The van der Waals surface area contributed by atoms with Gasteiger partial charge in [-0.05, 0) is 38.1 Å². The molecule has 0 bridgehead atoms. The molecule has 0 saturated heterocycles. The second-order valence-corrected chi connectivity index (χ2v) is 4.92. The molecule has 0 radical (unpaired) electrons. The van der Waals surface area contributed by atoms with E-state index in [1.54, 1.807) is 12.4 Å². The maximum Gasteiger partial charge on any atom is 0.146 e. The van der Waals surface area contributed by atoms with Gasteiger partial charge in [0.1, 0.15) is 5.82 Å². The Morgan fingerprint density at radius 3 is 2.55 bits per heavy atom. The van der Waals surface area contributed by atoms with Crippen LogP contribution in [0.25, 0.3) is 5.69 Å². The van der Waals surface area contributed by atoms with Crippen molar-refractivity contribution in [1.29, 1.82) is 0 Å². The van der Waals surface area contributed by atoms with E-state index in [0.29, 0.717) is 5.82 Å². The minimum atomic E-state index is 0.713. The molecule has 2 heterocycles. The Hall–Kier alpha value is -2.95. The van der Waals surface area contributed by atoms with E-state index in [1.165, 1.54) is 0 Å². The fourth-order valence-corrected chi connectivity index (χ4v) is 2.25. The van der Waals surface area contributed by atoms with Crippen LogP contribution in [0, 0.1) is 13.8 Å². The number of nitrogens with one attached hydrogen (secondary N) is 1. The molecule has 2 aromatic heterocycles. The maximum atomic E-state index is 4.59. The molecule has 110 valence electrons. The van der Waals surface area contributed by atoms with Crippen molar-refractivity contribution in [1.82, 2.24) is 14.8 Å².